The van der Waals surface area contributed by atoms with Crippen molar-refractivity contribution in [3.05, 3.63) is 98.9 Å². The molecule has 1 aromatic heterocycles. The van der Waals surface area contributed by atoms with Gasteiger partial charge in [-0.05, 0) is 60.2 Å². The Morgan fingerprint density at radius 1 is 1.06 bits per heavy atom. The Hall–Kier alpha value is -3.33. The van der Waals surface area contributed by atoms with Gasteiger partial charge in [-0.1, -0.05) is 29.3 Å². The second kappa shape index (κ2) is 10.1. The lowest BCUT2D eigenvalue weighted by molar-refractivity contribution is 0.0724. The Labute approximate surface area is 201 Å². The van der Waals surface area contributed by atoms with E-state index in [1.807, 2.05) is 5.38 Å². The van der Waals surface area contributed by atoms with Gasteiger partial charge in [0, 0.05) is 16.0 Å². The summed E-state index contributed by atoms with van der Waals surface area (Å²) in [5.74, 6) is -2.96. The number of ether oxygens (including phenoxy) is 1. The molecule has 0 fully saturated rings. The fraction of sp³-hybridized carbons (Fsp3) is 0. The lowest BCUT2D eigenvalue weighted by atomic mass is 10.2. The minimum absolute atomic E-state index is 0.136. The van der Waals surface area contributed by atoms with Crippen LogP contribution in [0, 0.1) is 11.6 Å². The zero-order valence-corrected chi connectivity index (χ0v) is 18.9. The van der Waals surface area contributed by atoms with Gasteiger partial charge < -0.3 is 4.74 Å². The highest BCUT2D eigenvalue weighted by atomic mass is 35.5. The van der Waals surface area contributed by atoms with Crippen molar-refractivity contribution in [1.82, 2.24) is 4.98 Å². The summed E-state index contributed by atoms with van der Waals surface area (Å²) in [6.07, 6.45) is 1.54. The molecule has 0 spiro atoms. The minimum Gasteiger partial charge on any atom is -0.423 e. The number of carbonyl (C=O) groups excluding carboxylic acids is 1. The van der Waals surface area contributed by atoms with Crippen molar-refractivity contribution >= 4 is 51.9 Å². The number of hydrogen-bond donors (Lipinski definition) is 1. The fourth-order valence-corrected chi connectivity index (χ4v) is 3.95. The minimum atomic E-state index is -1.12. The normalized spacial score (nSPS) is 11.0. The Balaban J connectivity index is 1.37. The van der Waals surface area contributed by atoms with E-state index in [4.69, 9.17) is 27.9 Å². The van der Waals surface area contributed by atoms with Crippen molar-refractivity contribution in [2.24, 2.45) is 5.10 Å². The smallest absolute Gasteiger partial charge is 0.349 e. The van der Waals surface area contributed by atoms with Crippen LogP contribution in [0.4, 0.5) is 13.9 Å². The molecule has 0 atom stereocenters. The first kappa shape index (κ1) is 22.8. The molecule has 0 aliphatic carbocycles. The number of halogens is 4. The summed E-state index contributed by atoms with van der Waals surface area (Å²) in [5, 5.41) is 7.58. The number of thiazole rings is 1. The number of carbonyl (C=O) groups is 1. The quantitative estimate of drug-likeness (QED) is 0.132. The standard InChI is InChI=1S/C23H13Cl2F2N3O2S/c24-14-6-9-16(17(25)10-14)20-12-33-23(29-20)30-28-11-13-4-7-15(8-5-13)32-22(31)21-18(26)2-1-3-19(21)27/h1-12H,(H,29,30)/b28-11-. The Kier molecular flexibility index (Phi) is 6.98. The molecular weight excluding hydrogens is 491 g/mol. The van der Waals surface area contributed by atoms with E-state index >= 15 is 0 Å². The maximum atomic E-state index is 13.7. The van der Waals surface area contributed by atoms with Crippen LogP contribution in [-0.4, -0.2) is 17.2 Å². The SMILES string of the molecule is O=C(Oc1ccc(/C=N\Nc2nc(-c3ccc(Cl)cc3Cl)cs2)cc1)c1c(F)cccc1F. The number of nitrogens with zero attached hydrogens (tertiary/aromatic N) is 2. The molecule has 0 unspecified atom stereocenters. The zero-order chi connectivity index (χ0) is 23.4. The third kappa shape index (κ3) is 5.54. The van der Waals surface area contributed by atoms with Crippen LogP contribution in [0.1, 0.15) is 15.9 Å². The summed E-state index contributed by atoms with van der Waals surface area (Å²) >= 11 is 13.5. The first-order valence-electron chi connectivity index (χ1n) is 9.37. The van der Waals surface area contributed by atoms with Gasteiger partial charge >= 0.3 is 5.97 Å². The van der Waals surface area contributed by atoms with E-state index in [2.05, 4.69) is 15.5 Å². The molecule has 1 N–H and O–H groups in total. The first-order chi connectivity index (χ1) is 15.9. The van der Waals surface area contributed by atoms with E-state index in [1.165, 1.54) is 29.5 Å². The highest BCUT2D eigenvalue weighted by molar-refractivity contribution is 7.14. The highest BCUT2D eigenvalue weighted by Crippen LogP contribution is 2.32. The Bertz CT molecular complexity index is 1320. The Morgan fingerprint density at radius 3 is 2.48 bits per heavy atom. The number of nitrogens with one attached hydrogen (secondary N) is 1. The molecule has 0 bridgehead atoms. The van der Waals surface area contributed by atoms with E-state index in [9.17, 15) is 13.6 Å². The number of aromatic nitrogens is 1. The summed E-state index contributed by atoms with van der Waals surface area (Å²) in [6, 6.07) is 14.6. The van der Waals surface area contributed by atoms with Crippen LogP contribution in [0.3, 0.4) is 0 Å². The zero-order valence-electron chi connectivity index (χ0n) is 16.6. The van der Waals surface area contributed by atoms with Gasteiger partial charge in [-0.25, -0.2) is 18.6 Å². The lowest BCUT2D eigenvalue weighted by Gasteiger charge is -2.06. The van der Waals surface area contributed by atoms with Gasteiger partial charge in [-0.2, -0.15) is 5.10 Å². The van der Waals surface area contributed by atoms with Crippen molar-refractivity contribution in [2.75, 3.05) is 5.43 Å². The number of benzene rings is 3. The molecule has 0 saturated carbocycles. The van der Waals surface area contributed by atoms with Crippen molar-refractivity contribution in [3.8, 4) is 17.0 Å². The summed E-state index contributed by atoms with van der Waals surface area (Å²) in [7, 11) is 0. The van der Waals surface area contributed by atoms with Crippen LogP contribution in [0.2, 0.25) is 10.0 Å². The number of hydrogen-bond acceptors (Lipinski definition) is 6. The molecule has 4 aromatic rings. The van der Waals surface area contributed by atoms with Gasteiger partial charge in [-0.3, -0.25) is 5.43 Å². The summed E-state index contributed by atoms with van der Waals surface area (Å²) in [4.78, 5) is 16.5. The lowest BCUT2D eigenvalue weighted by Crippen LogP contribution is -2.13. The van der Waals surface area contributed by atoms with E-state index in [-0.39, 0.29) is 5.75 Å². The topological polar surface area (TPSA) is 63.6 Å². The molecule has 3 aromatic carbocycles. The van der Waals surface area contributed by atoms with Crippen LogP contribution < -0.4 is 10.2 Å². The van der Waals surface area contributed by atoms with E-state index in [1.54, 1.807) is 36.5 Å². The number of esters is 1. The van der Waals surface area contributed by atoms with Gasteiger partial charge in [0.2, 0.25) is 5.13 Å². The third-order valence-corrected chi connectivity index (χ3v) is 5.64. The molecule has 0 radical (unpaired) electrons. The molecular formula is C23H13Cl2F2N3O2S. The predicted octanol–water partition coefficient (Wildman–Crippen LogP) is 7.06. The molecule has 0 aliphatic rings. The predicted molar refractivity (Wildman–Crippen MR) is 127 cm³/mol. The first-order valence-corrected chi connectivity index (χ1v) is 11.0. The van der Waals surface area contributed by atoms with E-state index in [0.717, 1.165) is 17.7 Å². The van der Waals surface area contributed by atoms with Crippen molar-refractivity contribution in [1.29, 1.82) is 0 Å². The van der Waals surface area contributed by atoms with Crippen LogP contribution in [-0.2, 0) is 0 Å². The van der Waals surface area contributed by atoms with Crippen molar-refractivity contribution in [3.63, 3.8) is 0 Å². The van der Waals surface area contributed by atoms with Gasteiger partial charge in [0.15, 0.2) is 0 Å². The van der Waals surface area contributed by atoms with Crippen LogP contribution >= 0.6 is 34.5 Å². The van der Waals surface area contributed by atoms with E-state index < -0.39 is 23.2 Å². The fourth-order valence-electron chi connectivity index (χ4n) is 2.78. The van der Waals surface area contributed by atoms with Crippen molar-refractivity contribution < 1.29 is 18.3 Å². The van der Waals surface area contributed by atoms with E-state index in [0.29, 0.717) is 26.4 Å². The molecule has 0 aliphatic heterocycles. The van der Waals surface area contributed by atoms with Gasteiger partial charge in [0.1, 0.15) is 22.9 Å². The molecule has 33 heavy (non-hydrogen) atoms. The van der Waals surface area contributed by atoms with Crippen LogP contribution in [0.15, 0.2) is 71.1 Å². The summed E-state index contributed by atoms with van der Waals surface area (Å²) in [6.45, 7) is 0. The largest absolute Gasteiger partial charge is 0.423 e. The average Bonchev–Trinajstić information content (AvgIpc) is 3.23. The molecule has 0 amide bonds. The second-order valence-electron chi connectivity index (χ2n) is 6.59. The number of rotatable bonds is 6. The highest BCUT2D eigenvalue weighted by Gasteiger charge is 2.19. The summed E-state index contributed by atoms with van der Waals surface area (Å²) < 4.78 is 32.4. The van der Waals surface area contributed by atoms with Gasteiger partial charge in [0.05, 0.1) is 16.9 Å². The van der Waals surface area contributed by atoms with Gasteiger partial charge in [-0.15, -0.1) is 11.3 Å². The summed E-state index contributed by atoms with van der Waals surface area (Å²) in [5.41, 5.74) is 4.24. The second-order valence-corrected chi connectivity index (χ2v) is 8.29. The maximum Gasteiger partial charge on any atom is 0.349 e. The maximum absolute atomic E-state index is 13.7. The average molecular weight is 504 g/mol. The molecule has 5 nitrogen and oxygen atoms in total. The third-order valence-electron chi connectivity index (χ3n) is 4.34. The molecule has 1 heterocycles. The van der Waals surface area contributed by atoms with Crippen molar-refractivity contribution in [2.45, 2.75) is 0 Å². The van der Waals surface area contributed by atoms with Crippen LogP contribution in [0.5, 0.6) is 5.75 Å². The number of hydrazone groups is 1. The molecule has 4 rings (SSSR count). The van der Waals surface area contributed by atoms with Crippen LogP contribution in [0.25, 0.3) is 11.3 Å². The van der Waals surface area contributed by atoms with Gasteiger partial charge in [0.25, 0.3) is 0 Å². The molecule has 10 heteroatoms. The number of anilines is 1. The Morgan fingerprint density at radius 2 is 1.79 bits per heavy atom. The monoisotopic (exact) mass is 503 g/mol. The molecule has 166 valence electrons. The molecule has 0 saturated heterocycles.